The van der Waals surface area contributed by atoms with Gasteiger partial charge in [0, 0.05) is 11.8 Å². The fraction of sp³-hybridized carbons (Fsp3) is 0.471. The van der Waals surface area contributed by atoms with Crippen molar-refractivity contribution in [2.24, 2.45) is 0 Å². The molecule has 1 amide bonds. The largest absolute Gasteiger partial charge is 0.467 e. The molecule has 1 atom stereocenters. The van der Waals surface area contributed by atoms with Gasteiger partial charge in [0.1, 0.15) is 11.6 Å². The molecule has 0 aliphatic heterocycles. The second-order valence-corrected chi connectivity index (χ2v) is 6.67. The van der Waals surface area contributed by atoms with Crippen LogP contribution in [0.15, 0.2) is 18.3 Å². The summed E-state index contributed by atoms with van der Waals surface area (Å²) in [6, 6.07) is 3.06. The summed E-state index contributed by atoms with van der Waals surface area (Å²) >= 11 is 0. The lowest BCUT2D eigenvalue weighted by Crippen LogP contribution is -2.45. The van der Waals surface area contributed by atoms with Gasteiger partial charge in [-0.25, -0.2) is 9.59 Å². The van der Waals surface area contributed by atoms with Crippen molar-refractivity contribution in [3.63, 3.8) is 0 Å². The van der Waals surface area contributed by atoms with Crippen LogP contribution in [0.25, 0.3) is 10.9 Å². The van der Waals surface area contributed by atoms with E-state index in [2.05, 4.69) is 15.5 Å². The minimum Gasteiger partial charge on any atom is -0.467 e. The minimum atomic E-state index is -0.825. The number of carbonyl (C=O) groups excluding carboxylic acids is 2. The molecule has 2 N–H and O–H groups in total. The highest BCUT2D eigenvalue weighted by atomic mass is 16.6. The molecule has 0 aliphatic rings. The zero-order chi connectivity index (χ0) is 17.9. The van der Waals surface area contributed by atoms with E-state index in [0.29, 0.717) is 6.42 Å². The molecule has 0 saturated heterocycles. The molecule has 24 heavy (non-hydrogen) atoms. The van der Waals surface area contributed by atoms with Crippen molar-refractivity contribution in [3.8, 4) is 0 Å². The molecule has 2 rings (SSSR count). The number of rotatable bonds is 4. The Morgan fingerprint density at radius 1 is 1.33 bits per heavy atom. The van der Waals surface area contributed by atoms with E-state index in [1.807, 2.05) is 19.1 Å². The Morgan fingerprint density at radius 2 is 2.04 bits per heavy atom. The quantitative estimate of drug-likeness (QED) is 0.839. The first-order valence-electron chi connectivity index (χ1n) is 7.69. The van der Waals surface area contributed by atoms with Gasteiger partial charge in [-0.3, -0.25) is 5.10 Å². The number of amides is 1. The number of nitrogens with one attached hydrogen (secondary N) is 2. The Kier molecular flexibility index (Phi) is 5.11. The van der Waals surface area contributed by atoms with Gasteiger partial charge < -0.3 is 14.8 Å². The summed E-state index contributed by atoms with van der Waals surface area (Å²) in [5, 5.41) is 10.5. The van der Waals surface area contributed by atoms with Crippen molar-refractivity contribution in [3.05, 3.63) is 29.5 Å². The van der Waals surface area contributed by atoms with Crippen molar-refractivity contribution in [1.82, 2.24) is 15.5 Å². The van der Waals surface area contributed by atoms with Crippen molar-refractivity contribution >= 4 is 23.0 Å². The van der Waals surface area contributed by atoms with Crippen LogP contribution in [0.5, 0.6) is 0 Å². The van der Waals surface area contributed by atoms with Gasteiger partial charge in [0.15, 0.2) is 0 Å². The van der Waals surface area contributed by atoms with Gasteiger partial charge in [-0.15, -0.1) is 0 Å². The first kappa shape index (κ1) is 17.8. The number of hydrogen-bond donors (Lipinski definition) is 2. The van der Waals surface area contributed by atoms with E-state index in [9.17, 15) is 9.59 Å². The van der Waals surface area contributed by atoms with Crippen molar-refractivity contribution in [2.45, 2.75) is 45.8 Å². The van der Waals surface area contributed by atoms with Crippen LogP contribution in [0, 0.1) is 6.92 Å². The van der Waals surface area contributed by atoms with Gasteiger partial charge in [0.05, 0.1) is 18.8 Å². The average Bonchev–Trinajstić information content (AvgIpc) is 2.92. The molecule has 0 saturated carbocycles. The van der Waals surface area contributed by atoms with Gasteiger partial charge in [-0.1, -0.05) is 6.07 Å². The number of hydrogen-bond acceptors (Lipinski definition) is 5. The molecular formula is C17H23N3O4. The molecule has 0 fully saturated rings. The normalized spacial score (nSPS) is 12.7. The Balaban J connectivity index is 2.18. The monoisotopic (exact) mass is 333 g/mol. The third-order valence-electron chi connectivity index (χ3n) is 3.42. The summed E-state index contributed by atoms with van der Waals surface area (Å²) in [4.78, 5) is 24.0. The first-order chi connectivity index (χ1) is 11.2. The van der Waals surface area contributed by atoms with Crippen LogP contribution < -0.4 is 5.32 Å². The number of aromatic amines is 1. The highest BCUT2D eigenvalue weighted by molar-refractivity contribution is 5.84. The van der Waals surface area contributed by atoms with E-state index < -0.39 is 23.7 Å². The topological polar surface area (TPSA) is 93.3 Å². The predicted octanol–water partition coefficient (Wildman–Crippen LogP) is 2.48. The SMILES string of the molecule is COC(=O)[C@@H](Cc1cc(C)c2[nH]ncc2c1)NC(=O)OC(C)(C)C. The van der Waals surface area contributed by atoms with E-state index in [1.54, 1.807) is 27.0 Å². The Morgan fingerprint density at radius 3 is 2.67 bits per heavy atom. The maximum Gasteiger partial charge on any atom is 0.408 e. The van der Waals surface area contributed by atoms with E-state index in [4.69, 9.17) is 9.47 Å². The van der Waals surface area contributed by atoms with E-state index in [0.717, 1.165) is 22.0 Å². The molecule has 0 radical (unpaired) electrons. The molecule has 1 heterocycles. The van der Waals surface area contributed by atoms with Gasteiger partial charge in [-0.05, 0) is 44.9 Å². The summed E-state index contributed by atoms with van der Waals surface area (Å²) in [5.74, 6) is -0.522. The van der Waals surface area contributed by atoms with Crippen LogP contribution in [0.2, 0.25) is 0 Å². The number of fused-ring (bicyclic) bond motifs is 1. The molecule has 7 heteroatoms. The Labute approximate surface area is 140 Å². The van der Waals surface area contributed by atoms with Crippen LogP contribution in [-0.4, -0.2) is 41.0 Å². The summed E-state index contributed by atoms with van der Waals surface area (Å²) in [5.41, 5.74) is 2.22. The summed E-state index contributed by atoms with van der Waals surface area (Å²) < 4.78 is 10.00. The fourth-order valence-electron chi connectivity index (χ4n) is 2.45. The molecule has 2 aromatic rings. The van der Waals surface area contributed by atoms with Crippen LogP contribution in [-0.2, 0) is 20.7 Å². The number of benzene rings is 1. The summed E-state index contributed by atoms with van der Waals surface area (Å²) in [6.45, 7) is 7.24. The molecule has 130 valence electrons. The lowest BCUT2D eigenvalue weighted by molar-refractivity contribution is -0.143. The van der Waals surface area contributed by atoms with Gasteiger partial charge >= 0.3 is 12.1 Å². The molecule has 0 bridgehead atoms. The maximum atomic E-state index is 12.0. The third kappa shape index (κ3) is 4.47. The second kappa shape index (κ2) is 6.90. The molecule has 1 aromatic heterocycles. The highest BCUT2D eigenvalue weighted by Crippen LogP contribution is 2.19. The van der Waals surface area contributed by atoms with Crippen molar-refractivity contribution < 1.29 is 19.1 Å². The highest BCUT2D eigenvalue weighted by Gasteiger charge is 2.25. The number of ether oxygens (including phenoxy) is 2. The molecule has 0 spiro atoms. The third-order valence-corrected chi connectivity index (χ3v) is 3.42. The lowest BCUT2D eigenvalue weighted by atomic mass is 10.0. The minimum absolute atomic E-state index is 0.299. The van der Waals surface area contributed by atoms with Crippen molar-refractivity contribution in [2.75, 3.05) is 7.11 Å². The number of nitrogens with zero attached hydrogens (tertiary/aromatic N) is 1. The number of aromatic nitrogens is 2. The second-order valence-electron chi connectivity index (χ2n) is 6.67. The fourth-order valence-corrected chi connectivity index (χ4v) is 2.45. The van der Waals surface area contributed by atoms with E-state index >= 15 is 0 Å². The van der Waals surface area contributed by atoms with Crippen molar-refractivity contribution in [1.29, 1.82) is 0 Å². The first-order valence-corrected chi connectivity index (χ1v) is 7.69. The number of carbonyl (C=O) groups is 2. The Hall–Kier alpha value is -2.57. The predicted molar refractivity (Wildman–Crippen MR) is 89.7 cm³/mol. The number of esters is 1. The standard InChI is InChI=1S/C17H23N3O4/c1-10-6-11(7-12-9-18-20-14(10)12)8-13(15(21)23-5)19-16(22)24-17(2,3)4/h6-7,9,13H,8H2,1-5H3,(H,18,20)(H,19,22)/t13-/m1/s1. The van der Waals surface area contributed by atoms with Crippen LogP contribution in [0.3, 0.4) is 0 Å². The van der Waals surface area contributed by atoms with E-state index in [-0.39, 0.29) is 0 Å². The number of methoxy groups -OCH3 is 1. The molecule has 0 aliphatic carbocycles. The molecular weight excluding hydrogens is 310 g/mol. The van der Waals surface area contributed by atoms with Crippen LogP contribution in [0.1, 0.15) is 31.9 Å². The molecule has 0 unspecified atom stereocenters. The number of H-pyrrole nitrogens is 1. The maximum absolute atomic E-state index is 12.0. The van der Waals surface area contributed by atoms with E-state index in [1.165, 1.54) is 7.11 Å². The van der Waals surface area contributed by atoms with Gasteiger partial charge in [0.2, 0.25) is 0 Å². The summed E-state index contributed by atoms with van der Waals surface area (Å²) in [7, 11) is 1.29. The zero-order valence-corrected chi connectivity index (χ0v) is 14.6. The average molecular weight is 333 g/mol. The van der Waals surface area contributed by atoms with Crippen LogP contribution >= 0.6 is 0 Å². The smallest absolute Gasteiger partial charge is 0.408 e. The number of alkyl carbamates (subject to hydrolysis) is 1. The Bertz CT molecular complexity index is 746. The number of aryl methyl sites for hydroxylation is 1. The van der Waals surface area contributed by atoms with Crippen LogP contribution in [0.4, 0.5) is 4.79 Å². The molecule has 7 nitrogen and oxygen atoms in total. The van der Waals surface area contributed by atoms with Gasteiger partial charge in [0.25, 0.3) is 0 Å². The molecule has 1 aromatic carbocycles. The zero-order valence-electron chi connectivity index (χ0n) is 14.6. The summed E-state index contributed by atoms with van der Waals surface area (Å²) in [6.07, 6.45) is 1.37. The lowest BCUT2D eigenvalue weighted by Gasteiger charge is -2.22. The van der Waals surface area contributed by atoms with Gasteiger partial charge in [-0.2, -0.15) is 5.10 Å².